The number of ether oxygens (including phenoxy) is 1. The van der Waals surface area contributed by atoms with E-state index < -0.39 is 24.2 Å². The first-order chi connectivity index (χ1) is 15.0. The van der Waals surface area contributed by atoms with Gasteiger partial charge in [-0.2, -0.15) is 0 Å². The van der Waals surface area contributed by atoms with Crippen LogP contribution < -0.4 is 4.90 Å². The minimum absolute atomic E-state index is 0.354. The molecule has 1 aliphatic rings. The number of pyridine rings is 1. The van der Waals surface area contributed by atoms with Crippen LogP contribution in [0.4, 0.5) is 14.9 Å². The van der Waals surface area contributed by atoms with Gasteiger partial charge >= 0.3 is 6.09 Å². The Hall–Kier alpha value is -4.22. The Morgan fingerprint density at radius 1 is 1.16 bits per heavy atom. The summed E-state index contributed by atoms with van der Waals surface area (Å²) in [7, 11) is 1.71. The summed E-state index contributed by atoms with van der Waals surface area (Å²) < 4.78 is 23.3. The third kappa shape index (κ3) is 3.17. The van der Waals surface area contributed by atoms with Gasteiger partial charge in [-0.3, -0.25) is 9.88 Å². The molecule has 31 heavy (non-hydrogen) atoms. The number of benzene rings is 1. The quantitative estimate of drug-likeness (QED) is 0.492. The van der Waals surface area contributed by atoms with Crippen molar-refractivity contribution in [2.24, 2.45) is 7.05 Å². The second-order valence-corrected chi connectivity index (χ2v) is 6.99. The molecule has 0 aliphatic carbocycles. The first-order valence-electron chi connectivity index (χ1n) is 9.37. The SMILES string of the molecule is C[C@@H]1C(n2ccnn2)OC(=O)N1c1ccc(-c2ccc(-c3nnnn3C)nc2)c(F)c1. The lowest BCUT2D eigenvalue weighted by atomic mass is 10.1. The van der Waals surface area contributed by atoms with Crippen molar-refractivity contribution in [1.82, 2.24) is 40.2 Å². The van der Waals surface area contributed by atoms with Gasteiger partial charge in [0, 0.05) is 30.6 Å². The van der Waals surface area contributed by atoms with E-state index in [0.29, 0.717) is 28.3 Å². The summed E-state index contributed by atoms with van der Waals surface area (Å²) in [4.78, 5) is 18.1. The maximum Gasteiger partial charge on any atom is 0.416 e. The lowest BCUT2D eigenvalue weighted by Crippen LogP contribution is -2.33. The standard InChI is InChI=1S/C19H16FN9O2/c1-11-18(28-8-7-22-25-28)31-19(30)29(11)13-4-5-14(15(20)9-13)12-3-6-16(21-10-12)17-23-24-26-27(17)2/h3-11,18H,1-2H3/t11-,18?/m1/s1. The molecule has 1 amide bonds. The van der Waals surface area contributed by atoms with Crippen LogP contribution in [0.15, 0.2) is 48.9 Å². The maximum atomic E-state index is 15.0. The Morgan fingerprint density at radius 2 is 2.03 bits per heavy atom. The lowest BCUT2D eigenvalue weighted by molar-refractivity contribution is 0.0782. The molecule has 0 radical (unpaired) electrons. The number of carbonyl (C=O) groups excluding carboxylic acids is 1. The molecule has 156 valence electrons. The van der Waals surface area contributed by atoms with Crippen molar-refractivity contribution in [3.05, 3.63) is 54.7 Å². The van der Waals surface area contributed by atoms with E-state index in [9.17, 15) is 9.18 Å². The second-order valence-electron chi connectivity index (χ2n) is 6.99. The molecule has 1 aliphatic heterocycles. The second kappa shape index (κ2) is 7.23. The zero-order valence-corrected chi connectivity index (χ0v) is 16.5. The van der Waals surface area contributed by atoms with Gasteiger partial charge in [-0.25, -0.2) is 18.5 Å². The van der Waals surface area contributed by atoms with E-state index in [2.05, 4.69) is 30.8 Å². The minimum Gasteiger partial charge on any atom is -0.421 e. The number of nitrogens with zero attached hydrogens (tertiary/aromatic N) is 9. The van der Waals surface area contributed by atoms with Crippen molar-refractivity contribution in [3.8, 4) is 22.6 Å². The molecule has 4 heterocycles. The number of halogens is 1. The molecule has 3 aromatic heterocycles. The highest BCUT2D eigenvalue weighted by Gasteiger charge is 2.41. The van der Waals surface area contributed by atoms with Crippen LogP contribution in [0, 0.1) is 5.82 Å². The zero-order valence-electron chi connectivity index (χ0n) is 16.5. The molecule has 0 saturated carbocycles. The fraction of sp³-hybridized carbons (Fsp3) is 0.211. The van der Waals surface area contributed by atoms with Crippen LogP contribution in [0.2, 0.25) is 0 Å². The molecule has 0 spiro atoms. The van der Waals surface area contributed by atoms with Gasteiger partial charge in [0.1, 0.15) is 11.5 Å². The molecule has 12 heteroatoms. The molecule has 1 fully saturated rings. The molecule has 1 saturated heterocycles. The number of carbonyl (C=O) groups is 1. The van der Waals surface area contributed by atoms with E-state index in [0.717, 1.165) is 0 Å². The molecule has 1 unspecified atom stereocenters. The van der Waals surface area contributed by atoms with Crippen LogP contribution in [0.1, 0.15) is 13.2 Å². The van der Waals surface area contributed by atoms with E-state index in [1.54, 1.807) is 50.6 Å². The van der Waals surface area contributed by atoms with Gasteiger partial charge in [-0.05, 0) is 41.6 Å². The van der Waals surface area contributed by atoms with Gasteiger partial charge in [0.05, 0.1) is 17.9 Å². The van der Waals surface area contributed by atoms with Crippen molar-refractivity contribution in [1.29, 1.82) is 0 Å². The van der Waals surface area contributed by atoms with Gasteiger partial charge in [0.15, 0.2) is 5.82 Å². The monoisotopic (exact) mass is 421 g/mol. The van der Waals surface area contributed by atoms with Gasteiger partial charge in [-0.15, -0.1) is 10.2 Å². The molecular formula is C19H16FN9O2. The number of cyclic esters (lactones) is 1. The van der Waals surface area contributed by atoms with Crippen LogP contribution >= 0.6 is 0 Å². The van der Waals surface area contributed by atoms with Crippen molar-refractivity contribution >= 4 is 11.8 Å². The summed E-state index contributed by atoms with van der Waals surface area (Å²) in [5.74, 6) is 0.0161. The summed E-state index contributed by atoms with van der Waals surface area (Å²) in [5, 5.41) is 18.9. The predicted octanol–water partition coefficient (Wildman–Crippen LogP) is 2.21. The van der Waals surface area contributed by atoms with Crippen molar-refractivity contribution in [2.45, 2.75) is 19.2 Å². The maximum absolute atomic E-state index is 15.0. The average Bonchev–Trinajstić information content (AvgIpc) is 3.49. The molecular weight excluding hydrogens is 405 g/mol. The van der Waals surface area contributed by atoms with E-state index in [-0.39, 0.29) is 0 Å². The normalized spacial score (nSPS) is 18.4. The topological polar surface area (TPSA) is 117 Å². The summed E-state index contributed by atoms with van der Waals surface area (Å²) in [6.07, 6.45) is 3.43. The number of tetrazole rings is 1. The molecule has 11 nitrogen and oxygen atoms in total. The van der Waals surface area contributed by atoms with Crippen molar-refractivity contribution in [2.75, 3.05) is 4.90 Å². The van der Waals surface area contributed by atoms with Crippen LogP contribution in [-0.2, 0) is 11.8 Å². The van der Waals surface area contributed by atoms with Crippen molar-refractivity contribution < 1.29 is 13.9 Å². The molecule has 0 bridgehead atoms. The number of hydrogen-bond acceptors (Lipinski definition) is 8. The van der Waals surface area contributed by atoms with Gasteiger partial charge < -0.3 is 4.74 Å². The largest absolute Gasteiger partial charge is 0.421 e. The number of rotatable bonds is 4. The highest BCUT2D eigenvalue weighted by molar-refractivity contribution is 5.90. The summed E-state index contributed by atoms with van der Waals surface area (Å²) in [6.45, 7) is 1.80. The first kappa shape index (κ1) is 18.8. The van der Waals surface area contributed by atoms with E-state index in [4.69, 9.17) is 4.74 Å². The molecule has 0 N–H and O–H groups in total. The molecule has 2 atom stereocenters. The number of aromatic nitrogens is 8. The fourth-order valence-corrected chi connectivity index (χ4v) is 3.54. The van der Waals surface area contributed by atoms with Crippen molar-refractivity contribution in [3.63, 3.8) is 0 Å². The Labute approximate surface area is 175 Å². The Balaban J connectivity index is 1.41. The van der Waals surface area contributed by atoms with E-state index in [1.165, 1.54) is 26.5 Å². The van der Waals surface area contributed by atoms with Crippen LogP contribution in [-0.4, -0.2) is 52.3 Å². The first-order valence-corrected chi connectivity index (χ1v) is 9.37. The van der Waals surface area contributed by atoms with E-state index in [1.807, 2.05) is 0 Å². The highest BCUT2D eigenvalue weighted by Crippen LogP contribution is 2.34. The van der Waals surface area contributed by atoms with Gasteiger partial charge in [-0.1, -0.05) is 11.3 Å². The number of anilines is 1. The fourth-order valence-electron chi connectivity index (χ4n) is 3.54. The number of aryl methyl sites for hydroxylation is 1. The van der Waals surface area contributed by atoms with E-state index >= 15 is 0 Å². The average molecular weight is 421 g/mol. The summed E-state index contributed by atoms with van der Waals surface area (Å²) in [6, 6.07) is 7.63. The molecule has 1 aromatic carbocycles. The third-order valence-corrected chi connectivity index (χ3v) is 5.09. The van der Waals surface area contributed by atoms with Gasteiger partial charge in [0.2, 0.25) is 6.23 Å². The van der Waals surface area contributed by atoms with Gasteiger partial charge in [0.25, 0.3) is 0 Å². The summed E-state index contributed by atoms with van der Waals surface area (Å²) in [5.41, 5.74) is 1.89. The smallest absolute Gasteiger partial charge is 0.416 e. The van der Waals surface area contributed by atoms with Crippen LogP contribution in [0.5, 0.6) is 0 Å². The minimum atomic E-state index is -0.649. The van der Waals surface area contributed by atoms with Crippen LogP contribution in [0.25, 0.3) is 22.6 Å². The third-order valence-electron chi connectivity index (χ3n) is 5.09. The predicted molar refractivity (Wildman–Crippen MR) is 105 cm³/mol. The molecule has 5 rings (SSSR count). The molecule has 4 aromatic rings. The Bertz CT molecular complexity index is 1240. The Morgan fingerprint density at radius 3 is 2.68 bits per heavy atom. The summed E-state index contributed by atoms with van der Waals surface area (Å²) >= 11 is 0. The highest BCUT2D eigenvalue weighted by atomic mass is 19.1. The number of hydrogen-bond donors (Lipinski definition) is 0. The van der Waals surface area contributed by atoms with Crippen LogP contribution in [0.3, 0.4) is 0 Å². The lowest BCUT2D eigenvalue weighted by Gasteiger charge is -2.21. The zero-order chi connectivity index (χ0) is 21.5. The number of amides is 1. The Kier molecular flexibility index (Phi) is 4.38.